The number of piperidine rings is 1. The average Bonchev–Trinajstić information content (AvgIpc) is 2.82. The normalized spacial score (nSPS) is 18.2. The molecule has 1 atom stereocenters. The lowest BCUT2D eigenvalue weighted by atomic mass is 9.92. The Hall–Kier alpha value is -2.58. The fraction of sp³-hybridized carbons (Fsp3) is 0.480. The number of fused-ring (bicyclic) bond motifs is 1. The van der Waals surface area contributed by atoms with E-state index in [0.29, 0.717) is 49.8 Å². The Labute approximate surface area is 196 Å². The molecule has 2 aliphatic rings. The molecule has 0 saturated carbocycles. The highest BCUT2D eigenvalue weighted by Crippen LogP contribution is 2.35. The summed E-state index contributed by atoms with van der Waals surface area (Å²) in [6.07, 6.45) is 1.01. The average molecular weight is 473 g/mol. The zero-order valence-electron chi connectivity index (χ0n) is 19.4. The fourth-order valence-corrected chi connectivity index (χ4v) is 5.85. The van der Waals surface area contributed by atoms with E-state index in [4.69, 9.17) is 9.47 Å². The Bertz CT molecular complexity index is 1090. The lowest BCUT2D eigenvalue weighted by Crippen LogP contribution is -2.44. The fourth-order valence-electron chi connectivity index (χ4n) is 4.38. The molecule has 4 rings (SSSR count). The van der Waals surface area contributed by atoms with Gasteiger partial charge in [0.05, 0.1) is 10.9 Å². The molecular formula is C25H32N2O5S. The van der Waals surface area contributed by atoms with Gasteiger partial charge in [-0.25, -0.2) is 8.42 Å². The van der Waals surface area contributed by atoms with E-state index in [-0.39, 0.29) is 23.8 Å². The summed E-state index contributed by atoms with van der Waals surface area (Å²) in [6, 6.07) is 12.5. The minimum Gasteiger partial charge on any atom is -0.486 e. The summed E-state index contributed by atoms with van der Waals surface area (Å²) < 4.78 is 38.7. The first-order chi connectivity index (χ1) is 15.8. The van der Waals surface area contributed by atoms with Crippen molar-refractivity contribution >= 4 is 15.9 Å². The van der Waals surface area contributed by atoms with E-state index in [1.165, 1.54) is 4.31 Å². The molecule has 0 unspecified atom stereocenters. The van der Waals surface area contributed by atoms with Gasteiger partial charge in [-0.2, -0.15) is 4.31 Å². The quantitative estimate of drug-likeness (QED) is 0.693. The van der Waals surface area contributed by atoms with E-state index in [1.807, 2.05) is 25.1 Å². The number of hydrogen-bond donors (Lipinski definition) is 1. The molecule has 1 amide bonds. The number of aryl methyl sites for hydroxylation is 1. The number of nitrogens with zero attached hydrogens (tertiary/aromatic N) is 1. The second kappa shape index (κ2) is 9.73. The molecule has 1 N–H and O–H groups in total. The highest BCUT2D eigenvalue weighted by molar-refractivity contribution is 7.89. The first-order valence-corrected chi connectivity index (χ1v) is 13.0. The van der Waals surface area contributed by atoms with Crippen LogP contribution in [0, 0.1) is 18.8 Å². The molecule has 2 aromatic carbocycles. The molecule has 0 radical (unpaired) electrons. The molecule has 0 aromatic heterocycles. The van der Waals surface area contributed by atoms with E-state index in [9.17, 15) is 13.2 Å². The predicted octanol–water partition coefficient (Wildman–Crippen LogP) is 3.68. The Morgan fingerprint density at radius 3 is 2.27 bits per heavy atom. The molecule has 7 nitrogen and oxygen atoms in total. The van der Waals surface area contributed by atoms with Crippen LogP contribution >= 0.6 is 0 Å². The van der Waals surface area contributed by atoms with Gasteiger partial charge < -0.3 is 14.8 Å². The van der Waals surface area contributed by atoms with Crippen molar-refractivity contribution in [2.24, 2.45) is 11.8 Å². The van der Waals surface area contributed by atoms with Crippen LogP contribution < -0.4 is 14.8 Å². The maximum Gasteiger partial charge on any atom is 0.243 e. The van der Waals surface area contributed by atoms with Crippen LogP contribution in [0.3, 0.4) is 0 Å². The smallest absolute Gasteiger partial charge is 0.243 e. The third-order valence-electron chi connectivity index (χ3n) is 6.37. The van der Waals surface area contributed by atoms with Gasteiger partial charge in [0.2, 0.25) is 15.9 Å². The van der Waals surface area contributed by atoms with Crippen LogP contribution in [-0.2, 0) is 14.8 Å². The molecular weight excluding hydrogens is 440 g/mol. The molecule has 0 bridgehead atoms. The summed E-state index contributed by atoms with van der Waals surface area (Å²) in [5.41, 5.74) is 1.99. The van der Waals surface area contributed by atoms with Gasteiger partial charge in [-0.05, 0) is 55.5 Å². The van der Waals surface area contributed by atoms with E-state index >= 15 is 0 Å². The van der Waals surface area contributed by atoms with Crippen LogP contribution in [0.2, 0.25) is 0 Å². The first-order valence-electron chi connectivity index (χ1n) is 11.5. The number of rotatable bonds is 6. The number of nitrogens with one attached hydrogen (secondary N) is 1. The van der Waals surface area contributed by atoms with Crippen molar-refractivity contribution in [3.05, 3.63) is 53.6 Å². The third-order valence-corrected chi connectivity index (χ3v) is 8.29. The third kappa shape index (κ3) is 5.17. The van der Waals surface area contributed by atoms with Crippen molar-refractivity contribution in [1.82, 2.24) is 9.62 Å². The largest absolute Gasteiger partial charge is 0.486 e. The Morgan fingerprint density at radius 1 is 1.00 bits per heavy atom. The van der Waals surface area contributed by atoms with Crippen molar-refractivity contribution in [2.75, 3.05) is 26.3 Å². The number of ether oxygens (including phenoxy) is 2. The van der Waals surface area contributed by atoms with Gasteiger partial charge in [-0.1, -0.05) is 37.6 Å². The summed E-state index contributed by atoms with van der Waals surface area (Å²) in [6.45, 7) is 7.79. The first kappa shape index (κ1) is 23.6. The number of carbonyl (C=O) groups excluding carboxylic acids is 1. The van der Waals surface area contributed by atoms with E-state index in [0.717, 1.165) is 16.9 Å². The summed E-state index contributed by atoms with van der Waals surface area (Å²) in [5.74, 6) is 1.36. The SMILES string of the molecule is Cc1ccc(S(=O)(=O)N2CCC(C(=O)N[C@H](c3ccc4c(c3)OCCO4)C(C)C)CC2)cc1. The summed E-state index contributed by atoms with van der Waals surface area (Å²) in [7, 11) is -3.54. The molecule has 178 valence electrons. The minimum atomic E-state index is -3.54. The molecule has 0 aliphatic carbocycles. The van der Waals surface area contributed by atoms with Crippen LogP contribution in [0.4, 0.5) is 0 Å². The van der Waals surface area contributed by atoms with Gasteiger partial charge in [0.25, 0.3) is 0 Å². The maximum absolute atomic E-state index is 13.1. The number of sulfonamides is 1. The van der Waals surface area contributed by atoms with Crippen LogP contribution in [0.15, 0.2) is 47.4 Å². The van der Waals surface area contributed by atoms with Gasteiger partial charge in [-0.15, -0.1) is 0 Å². The zero-order chi connectivity index (χ0) is 23.6. The maximum atomic E-state index is 13.1. The van der Waals surface area contributed by atoms with Crippen molar-refractivity contribution in [3.63, 3.8) is 0 Å². The minimum absolute atomic E-state index is 0.0315. The van der Waals surface area contributed by atoms with E-state index in [1.54, 1.807) is 24.3 Å². The van der Waals surface area contributed by atoms with Gasteiger partial charge in [0.1, 0.15) is 13.2 Å². The highest BCUT2D eigenvalue weighted by Gasteiger charge is 2.33. The van der Waals surface area contributed by atoms with Crippen LogP contribution in [0.1, 0.15) is 43.9 Å². The molecule has 33 heavy (non-hydrogen) atoms. The zero-order valence-corrected chi connectivity index (χ0v) is 20.2. The van der Waals surface area contributed by atoms with E-state index in [2.05, 4.69) is 19.2 Å². The predicted molar refractivity (Wildman–Crippen MR) is 126 cm³/mol. The number of carbonyl (C=O) groups is 1. The summed E-state index contributed by atoms with van der Waals surface area (Å²) in [4.78, 5) is 13.4. The van der Waals surface area contributed by atoms with E-state index < -0.39 is 10.0 Å². The number of benzene rings is 2. The van der Waals surface area contributed by atoms with Crippen molar-refractivity contribution < 1.29 is 22.7 Å². The number of amides is 1. The van der Waals surface area contributed by atoms with Crippen LogP contribution in [0.5, 0.6) is 11.5 Å². The van der Waals surface area contributed by atoms with Gasteiger partial charge in [0.15, 0.2) is 11.5 Å². The molecule has 0 spiro atoms. The summed E-state index contributed by atoms with van der Waals surface area (Å²) in [5, 5.41) is 3.20. The Morgan fingerprint density at radius 2 is 1.64 bits per heavy atom. The van der Waals surface area contributed by atoms with Crippen LogP contribution in [-0.4, -0.2) is 44.9 Å². The van der Waals surface area contributed by atoms with Crippen LogP contribution in [0.25, 0.3) is 0 Å². The molecule has 8 heteroatoms. The second-order valence-electron chi connectivity index (χ2n) is 9.12. The molecule has 1 saturated heterocycles. The molecule has 2 aliphatic heterocycles. The van der Waals surface area contributed by atoms with Gasteiger partial charge >= 0.3 is 0 Å². The lowest BCUT2D eigenvalue weighted by molar-refractivity contribution is -0.127. The van der Waals surface area contributed by atoms with Crippen molar-refractivity contribution in [1.29, 1.82) is 0 Å². The van der Waals surface area contributed by atoms with Gasteiger partial charge in [-0.3, -0.25) is 4.79 Å². The summed E-state index contributed by atoms with van der Waals surface area (Å²) >= 11 is 0. The standard InChI is InChI=1S/C25H32N2O5S/c1-17(2)24(20-6-9-22-23(16-20)32-15-14-31-22)26-25(28)19-10-12-27(13-11-19)33(29,30)21-7-4-18(3)5-8-21/h4-9,16-17,19,24H,10-15H2,1-3H3,(H,26,28)/t24-/m0/s1. The Balaban J connectivity index is 1.40. The Kier molecular flexibility index (Phi) is 6.95. The molecule has 1 fully saturated rings. The highest BCUT2D eigenvalue weighted by atomic mass is 32.2. The second-order valence-corrected chi connectivity index (χ2v) is 11.1. The molecule has 2 aromatic rings. The van der Waals surface area contributed by atoms with Crippen molar-refractivity contribution in [3.8, 4) is 11.5 Å². The monoisotopic (exact) mass is 472 g/mol. The van der Waals surface area contributed by atoms with Crippen molar-refractivity contribution in [2.45, 2.75) is 44.6 Å². The lowest BCUT2D eigenvalue weighted by Gasteiger charge is -2.32. The topological polar surface area (TPSA) is 84.9 Å². The number of hydrogen-bond acceptors (Lipinski definition) is 5. The van der Waals surface area contributed by atoms with Gasteiger partial charge in [0, 0.05) is 19.0 Å². The molecule has 2 heterocycles.